The summed E-state index contributed by atoms with van der Waals surface area (Å²) in [5, 5.41) is 10.8. The Balaban J connectivity index is 2.88. The zero-order valence-corrected chi connectivity index (χ0v) is 12.6. The quantitative estimate of drug-likeness (QED) is 0.453. The van der Waals surface area contributed by atoms with Crippen molar-refractivity contribution < 1.29 is 5.11 Å². The van der Waals surface area contributed by atoms with E-state index >= 15 is 0 Å². The molecule has 0 spiro atoms. The Kier molecular flexibility index (Phi) is 5.05. The van der Waals surface area contributed by atoms with Gasteiger partial charge in [0.15, 0.2) is 0 Å². The van der Waals surface area contributed by atoms with E-state index in [1.807, 2.05) is 6.08 Å². The molecule has 0 aromatic heterocycles. The summed E-state index contributed by atoms with van der Waals surface area (Å²) >= 11 is 2.41. The molecular formula is C14H23IO. The van der Waals surface area contributed by atoms with Crippen LogP contribution in [0.4, 0.5) is 0 Å². The van der Waals surface area contributed by atoms with Crippen molar-refractivity contribution >= 4 is 22.6 Å². The molecule has 0 amide bonds. The molecule has 1 unspecified atom stereocenters. The van der Waals surface area contributed by atoms with Gasteiger partial charge in [0, 0.05) is 9.84 Å². The molecule has 1 aliphatic rings. The van der Waals surface area contributed by atoms with Gasteiger partial charge in [0.2, 0.25) is 0 Å². The Morgan fingerprint density at radius 1 is 1.56 bits per heavy atom. The summed E-state index contributed by atoms with van der Waals surface area (Å²) < 4.78 is 1.13. The van der Waals surface area contributed by atoms with Crippen LogP contribution >= 0.6 is 22.6 Å². The molecule has 0 aromatic rings. The fourth-order valence-corrected chi connectivity index (χ4v) is 3.23. The van der Waals surface area contributed by atoms with E-state index in [1.54, 1.807) is 0 Å². The lowest BCUT2D eigenvalue weighted by atomic mass is 9.62. The van der Waals surface area contributed by atoms with Crippen LogP contribution in [0.3, 0.4) is 0 Å². The first-order valence-electron chi connectivity index (χ1n) is 6.06. The first kappa shape index (κ1) is 14.2. The van der Waals surface area contributed by atoms with E-state index in [1.165, 1.54) is 5.57 Å². The van der Waals surface area contributed by atoms with Crippen molar-refractivity contribution in [3.63, 3.8) is 0 Å². The number of hydrogen-bond acceptors (Lipinski definition) is 1. The third-order valence-corrected chi connectivity index (χ3v) is 4.58. The largest absolute Gasteiger partial charge is 0.389 e. The van der Waals surface area contributed by atoms with Gasteiger partial charge in [0.05, 0.1) is 5.60 Å². The fraction of sp³-hybridized carbons (Fsp3) is 0.714. The van der Waals surface area contributed by atoms with Crippen molar-refractivity contribution in [3.8, 4) is 0 Å². The minimum Gasteiger partial charge on any atom is -0.389 e. The van der Waals surface area contributed by atoms with E-state index in [0.29, 0.717) is 0 Å². The molecule has 0 radical (unpaired) electrons. The van der Waals surface area contributed by atoms with E-state index < -0.39 is 5.60 Å². The molecule has 1 N–H and O–H groups in total. The van der Waals surface area contributed by atoms with Gasteiger partial charge < -0.3 is 5.11 Å². The second-order valence-corrected chi connectivity index (χ2v) is 6.27. The van der Waals surface area contributed by atoms with E-state index in [4.69, 9.17) is 0 Å². The minimum atomic E-state index is -0.545. The van der Waals surface area contributed by atoms with E-state index in [2.05, 4.69) is 49.1 Å². The molecule has 92 valence electrons. The number of hydrogen-bond donors (Lipinski definition) is 1. The average Bonchev–Trinajstić information content (AvgIpc) is 2.23. The van der Waals surface area contributed by atoms with Gasteiger partial charge in [-0.05, 0) is 32.1 Å². The van der Waals surface area contributed by atoms with Crippen LogP contribution in [0.25, 0.3) is 0 Å². The Labute approximate surface area is 113 Å². The third kappa shape index (κ3) is 2.70. The fourth-order valence-electron chi connectivity index (χ4n) is 2.65. The van der Waals surface area contributed by atoms with Crippen molar-refractivity contribution in [1.29, 1.82) is 0 Å². The lowest BCUT2D eigenvalue weighted by Crippen LogP contribution is -2.47. The number of aliphatic hydroxyl groups is 1. The highest BCUT2D eigenvalue weighted by Crippen LogP contribution is 2.48. The normalized spacial score (nSPS) is 28.6. The monoisotopic (exact) mass is 334 g/mol. The van der Waals surface area contributed by atoms with Crippen molar-refractivity contribution in [3.05, 3.63) is 24.3 Å². The van der Waals surface area contributed by atoms with Crippen LogP contribution in [-0.4, -0.2) is 15.1 Å². The van der Waals surface area contributed by atoms with Gasteiger partial charge in [0.1, 0.15) is 0 Å². The highest BCUT2D eigenvalue weighted by atomic mass is 127. The number of alkyl halides is 1. The molecule has 0 bridgehead atoms. The summed E-state index contributed by atoms with van der Waals surface area (Å²) in [6.07, 6.45) is 8.98. The molecular weight excluding hydrogens is 311 g/mol. The van der Waals surface area contributed by atoms with Crippen molar-refractivity contribution in [1.82, 2.24) is 0 Å². The van der Waals surface area contributed by atoms with Gasteiger partial charge in [-0.3, -0.25) is 0 Å². The molecule has 0 heterocycles. The van der Waals surface area contributed by atoms with Crippen molar-refractivity contribution in [2.75, 3.05) is 4.43 Å². The predicted octanol–water partition coefficient (Wildman–Crippen LogP) is 4.26. The molecule has 1 rings (SSSR count). The summed E-state index contributed by atoms with van der Waals surface area (Å²) in [6, 6.07) is 0. The van der Waals surface area contributed by atoms with Crippen molar-refractivity contribution in [2.45, 2.75) is 51.6 Å². The molecule has 2 heteroatoms. The van der Waals surface area contributed by atoms with Crippen LogP contribution in [0.5, 0.6) is 0 Å². The smallest absolute Gasteiger partial charge is 0.0741 e. The number of halogens is 1. The summed E-state index contributed by atoms with van der Waals surface area (Å²) in [5.41, 5.74) is 0.802. The van der Waals surface area contributed by atoms with Gasteiger partial charge in [-0.2, -0.15) is 0 Å². The Hall–Kier alpha value is 0.170. The van der Waals surface area contributed by atoms with Crippen LogP contribution in [-0.2, 0) is 0 Å². The minimum absolute atomic E-state index is 0.0839. The summed E-state index contributed by atoms with van der Waals surface area (Å²) in [6.45, 7) is 8.13. The molecule has 1 nitrogen and oxygen atoms in total. The highest BCUT2D eigenvalue weighted by Gasteiger charge is 2.45. The SMILES string of the molecule is C=CCCC1(O)CCC=C(CCI)C1(C)C. The zero-order valence-electron chi connectivity index (χ0n) is 10.4. The van der Waals surface area contributed by atoms with Gasteiger partial charge >= 0.3 is 0 Å². The van der Waals surface area contributed by atoms with Gasteiger partial charge in [-0.25, -0.2) is 0 Å². The topological polar surface area (TPSA) is 20.2 Å². The molecule has 0 fully saturated rings. The van der Waals surface area contributed by atoms with Crippen LogP contribution in [0.15, 0.2) is 24.3 Å². The predicted molar refractivity (Wildman–Crippen MR) is 79.0 cm³/mol. The third-order valence-electron chi connectivity index (χ3n) is 4.04. The number of rotatable bonds is 5. The number of allylic oxidation sites excluding steroid dienone is 2. The van der Waals surface area contributed by atoms with Crippen LogP contribution in [0.1, 0.15) is 46.0 Å². The summed E-state index contributed by atoms with van der Waals surface area (Å²) in [5.74, 6) is 0. The maximum Gasteiger partial charge on any atom is 0.0741 e. The van der Waals surface area contributed by atoms with Gasteiger partial charge in [0.25, 0.3) is 0 Å². The Bertz CT molecular complexity index is 280. The van der Waals surface area contributed by atoms with E-state index in [9.17, 15) is 5.11 Å². The zero-order chi connectivity index (χ0) is 12.2. The van der Waals surface area contributed by atoms with Crippen LogP contribution < -0.4 is 0 Å². The van der Waals surface area contributed by atoms with E-state index in [0.717, 1.165) is 36.5 Å². The Morgan fingerprint density at radius 3 is 2.81 bits per heavy atom. The maximum absolute atomic E-state index is 10.8. The maximum atomic E-state index is 10.8. The van der Waals surface area contributed by atoms with Crippen molar-refractivity contribution in [2.24, 2.45) is 5.41 Å². The van der Waals surface area contributed by atoms with Crippen LogP contribution in [0, 0.1) is 5.41 Å². The molecule has 16 heavy (non-hydrogen) atoms. The second-order valence-electron chi connectivity index (χ2n) is 5.19. The van der Waals surface area contributed by atoms with E-state index in [-0.39, 0.29) is 5.41 Å². The first-order valence-corrected chi connectivity index (χ1v) is 7.59. The van der Waals surface area contributed by atoms with Gasteiger partial charge in [-0.15, -0.1) is 6.58 Å². The first-order chi connectivity index (χ1) is 7.48. The van der Waals surface area contributed by atoms with Crippen LogP contribution in [0.2, 0.25) is 0 Å². The standard InChI is InChI=1S/C14H23IO/c1-4-5-9-14(16)10-6-7-12(8-11-15)13(14,2)3/h4,7,16H,1,5-6,8-11H2,2-3H3. The summed E-state index contributed by atoms with van der Waals surface area (Å²) in [4.78, 5) is 0. The molecule has 1 atom stereocenters. The molecule has 0 saturated heterocycles. The molecule has 0 aliphatic heterocycles. The Morgan fingerprint density at radius 2 is 2.25 bits per heavy atom. The summed E-state index contributed by atoms with van der Waals surface area (Å²) in [7, 11) is 0. The van der Waals surface area contributed by atoms with Gasteiger partial charge in [-0.1, -0.05) is 54.2 Å². The lowest BCUT2D eigenvalue weighted by molar-refractivity contribution is -0.0672. The average molecular weight is 334 g/mol. The lowest BCUT2D eigenvalue weighted by Gasteiger charge is -2.47. The molecule has 0 aromatic carbocycles. The second kappa shape index (κ2) is 5.67. The molecule has 1 aliphatic carbocycles. The molecule has 0 saturated carbocycles. The highest BCUT2D eigenvalue weighted by molar-refractivity contribution is 14.1.